The molecule has 0 aromatic carbocycles. The average molecular weight is 295 g/mol. The van der Waals surface area contributed by atoms with E-state index in [1.54, 1.807) is 11.3 Å². The zero-order valence-electron chi connectivity index (χ0n) is 12.3. The molecule has 1 saturated carbocycles. The first-order valence-electron chi connectivity index (χ1n) is 7.63. The van der Waals surface area contributed by atoms with E-state index in [0.29, 0.717) is 6.42 Å². The summed E-state index contributed by atoms with van der Waals surface area (Å²) in [5.41, 5.74) is 0. The second kappa shape index (κ2) is 8.42. The van der Waals surface area contributed by atoms with Crippen LogP contribution in [0.3, 0.4) is 0 Å². The van der Waals surface area contributed by atoms with Gasteiger partial charge in [-0.2, -0.15) is 0 Å². The number of nitrogens with one attached hydrogen (secondary N) is 1. The van der Waals surface area contributed by atoms with E-state index in [2.05, 4.69) is 16.8 Å². The Hall–Kier alpha value is -0.870. The molecule has 112 valence electrons. The molecule has 4 heteroatoms. The summed E-state index contributed by atoms with van der Waals surface area (Å²) in [6.07, 6.45) is 8.59. The van der Waals surface area contributed by atoms with Crippen molar-refractivity contribution in [1.82, 2.24) is 5.32 Å². The molecule has 1 atom stereocenters. The molecule has 1 heterocycles. The predicted octanol–water partition coefficient (Wildman–Crippen LogP) is 3.91. The van der Waals surface area contributed by atoms with E-state index in [1.807, 2.05) is 6.07 Å². The maximum absolute atomic E-state index is 11.5. The van der Waals surface area contributed by atoms with Gasteiger partial charge in [0.25, 0.3) is 0 Å². The highest BCUT2D eigenvalue weighted by Crippen LogP contribution is 2.27. The third kappa shape index (κ3) is 4.91. The molecule has 1 aromatic rings. The van der Waals surface area contributed by atoms with Crippen LogP contribution in [0.2, 0.25) is 0 Å². The Balaban J connectivity index is 1.79. The van der Waals surface area contributed by atoms with Gasteiger partial charge in [0.2, 0.25) is 0 Å². The smallest absolute Gasteiger partial charge is 0.307 e. The van der Waals surface area contributed by atoms with Crippen LogP contribution in [0.1, 0.15) is 55.9 Å². The van der Waals surface area contributed by atoms with Gasteiger partial charge in [-0.15, -0.1) is 11.3 Å². The minimum atomic E-state index is -0.145. The lowest BCUT2D eigenvalue weighted by Crippen LogP contribution is -2.26. The van der Waals surface area contributed by atoms with Gasteiger partial charge in [0.15, 0.2) is 0 Å². The summed E-state index contributed by atoms with van der Waals surface area (Å²) < 4.78 is 4.80. The number of carbonyl (C=O) groups is 1. The van der Waals surface area contributed by atoms with Crippen LogP contribution < -0.4 is 5.32 Å². The first kappa shape index (κ1) is 15.5. The molecule has 0 aliphatic heterocycles. The van der Waals surface area contributed by atoms with Crippen molar-refractivity contribution in [3.63, 3.8) is 0 Å². The molecule has 1 unspecified atom stereocenters. The number of rotatable bonds is 7. The highest BCUT2D eigenvalue weighted by Gasteiger charge is 2.18. The summed E-state index contributed by atoms with van der Waals surface area (Å²) in [5, 5.41) is 5.60. The van der Waals surface area contributed by atoms with E-state index in [1.165, 1.54) is 50.5 Å². The van der Waals surface area contributed by atoms with Crippen molar-refractivity contribution in [3.05, 3.63) is 22.4 Å². The van der Waals surface area contributed by atoms with Crippen LogP contribution in [-0.2, 0) is 9.53 Å². The number of thiophene rings is 1. The number of ether oxygens (including phenoxy) is 1. The van der Waals surface area contributed by atoms with Gasteiger partial charge >= 0.3 is 5.97 Å². The molecule has 1 N–H and O–H groups in total. The van der Waals surface area contributed by atoms with E-state index in [-0.39, 0.29) is 12.0 Å². The fraction of sp³-hybridized carbons (Fsp3) is 0.688. The zero-order valence-corrected chi connectivity index (χ0v) is 13.1. The Morgan fingerprint density at radius 2 is 2.25 bits per heavy atom. The fourth-order valence-corrected chi connectivity index (χ4v) is 3.75. The number of carbonyl (C=O) groups excluding carboxylic acids is 1. The SMILES string of the molecule is COC(=O)CC(NCCC1CCCCC1)c1cccs1. The quantitative estimate of drug-likeness (QED) is 0.775. The van der Waals surface area contributed by atoms with Crippen molar-refractivity contribution < 1.29 is 9.53 Å². The summed E-state index contributed by atoms with van der Waals surface area (Å²) in [7, 11) is 1.45. The van der Waals surface area contributed by atoms with Crippen LogP contribution in [0, 0.1) is 5.92 Å². The van der Waals surface area contributed by atoms with E-state index >= 15 is 0 Å². The van der Waals surface area contributed by atoms with Crippen molar-refractivity contribution >= 4 is 17.3 Å². The fourth-order valence-electron chi connectivity index (χ4n) is 2.95. The summed E-state index contributed by atoms with van der Waals surface area (Å²) in [5.74, 6) is 0.729. The van der Waals surface area contributed by atoms with E-state index < -0.39 is 0 Å². The molecule has 2 rings (SSSR count). The molecule has 1 aromatic heterocycles. The Morgan fingerprint density at radius 3 is 2.90 bits per heavy atom. The summed E-state index contributed by atoms with van der Waals surface area (Å²) in [6.45, 7) is 0.990. The minimum absolute atomic E-state index is 0.103. The van der Waals surface area contributed by atoms with Gasteiger partial charge in [-0.3, -0.25) is 4.79 Å². The molecule has 0 saturated heterocycles. The van der Waals surface area contributed by atoms with Crippen LogP contribution in [0.25, 0.3) is 0 Å². The van der Waals surface area contributed by atoms with Crippen molar-refractivity contribution in [2.75, 3.05) is 13.7 Å². The summed E-state index contributed by atoms with van der Waals surface area (Å²) >= 11 is 1.70. The molecule has 0 radical (unpaired) electrons. The van der Waals surface area contributed by atoms with Gasteiger partial charge in [-0.05, 0) is 30.3 Å². The summed E-state index contributed by atoms with van der Waals surface area (Å²) in [6, 6.07) is 4.23. The first-order chi connectivity index (χ1) is 9.79. The molecule has 0 spiro atoms. The zero-order chi connectivity index (χ0) is 14.2. The second-order valence-corrected chi connectivity index (χ2v) is 6.57. The molecular formula is C16H25NO2S. The highest BCUT2D eigenvalue weighted by atomic mass is 32.1. The Bertz CT molecular complexity index is 385. The number of hydrogen-bond acceptors (Lipinski definition) is 4. The lowest BCUT2D eigenvalue weighted by Gasteiger charge is -2.23. The summed E-state index contributed by atoms with van der Waals surface area (Å²) in [4.78, 5) is 12.7. The molecule has 1 aliphatic carbocycles. The number of esters is 1. The molecule has 0 bridgehead atoms. The monoisotopic (exact) mass is 295 g/mol. The van der Waals surface area contributed by atoms with Gasteiger partial charge < -0.3 is 10.1 Å². The van der Waals surface area contributed by atoms with E-state index in [0.717, 1.165) is 12.5 Å². The third-order valence-corrected chi connectivity index (χ3v) is 5.14. The average Bonchev–Trinajstić information content (AvgIpc) is 3.01. The van der Waals surface area contributed by atoms with Crippen LogP contribution >= 0.6 is 11.3 Å². The number of hydrogen-bond donors (Lipinski definition) is 1. The normalized spacial score (nSPS) is 17.9. The van der Waals surface area contributed by atoms with Crippen LogP contribution in [0.4, 0.5) is 0 Å². The van der Waals surface area contributed by atoms with E-state index in [4.69, 9.17) is 4.74 Å². The Morgan fingerprint density at radius 1 is 1.45 bits per heavy atom. The standard InChI is InChI=1S/C16H25NO2S/c1-19-16(18)12-14(15-8-5-11-20-15)17-10-9-13-6-3-2-4-7-13/h5,8,11,13-14,17H,2-4,6-7,9-10,12H2,1H3. The van der Waals surface area contributed by atoms with Gasteiger partial charge in [0.1, 0.15) is 0 Å². The molecular weight excluding hydrogens is 270 g/mol. The highest BCUT2D eigenvalue weighted by molar-refractivity contribution is 7.10. The minimum Gasteiger partial charge on any atom is -0.469 e. The molecule has 0 amide bonds. The van der Waals surface area contributed by atoms with Crippen molar-refractivity contribution in [3.8, 4) is 0 Å². The molecule has 3 nitrogen and oxygen atoms in total. The number of methoxy groups -OCH3 is 1. The van der Waals surface area contributed by atoms with Crippen LogP contribution in [-0.4, -0.2) is 19.6 Å². The lowest BCUT2D eigenvalue weighted by atomic mass is 9.87. The topological polar surface area (TPSA) is 38.3 Å². The van der Waals surface area contributed by atoms with Crippen LogP contribution in [0.5, 0.6) is 0 Å². The van der Waals surface area contributed by atoms with Crippen LogP contribution in [0.15, 0.2) is 17.5 Å². The van der Waals surface area contributed by atoms with Crippen molar-refractivity contribution in [2.45, 2.75) is 51.0 Å². The maximum atomic E-state index is 11.5. The van der Waals surface area contributed by atoms with Crippen molar-refractivity contribution in [2.24, 2.45) is 5.92 Å². The van der Waals surface area contributed by atoms with Gasteiger partial charge in [0.05, 0.1) is 19.6 Å². The maximum Gasteiger partial charge on any atom is 0.307 e. The first-order valence-corrected chi connectivity index (χ1v) is 8.51. The Labute approximate surface area is 125 Å². The lowest BCUT2D eigenvalue weighted by molar-refractivity contribution is -0.141. The Kier molecular flexibility index (Phi) is 6.54. The molecule has 20 heavy (non-hydrogen) atoms. The van der Waals surface area contributed by atoms with Gasteiger partial charge in [0, 0.05) is 4.88 Å². The molecule has 1 fully saturated rings. The molecule has 1 aliphatic rings. The van der Waals surface area contributed by atoms with E-state index in [9.17, 15) is 4.79 Å². The van der Waals surface area contributed by atoms with Gasteiger partial charge in [-0.1, -0.05) is 38.2 Å². The largest absolute Gasteiger partial charge is 0.469 e. The predicted molar refractivity (Wildman–Crippen MR) is 82.9 cm³/mol. The second-order valence-electron chi connectivity index (χ2n) is 5.60. The van der Waals surface area contributed by atoms with Crippen molar-refractivity contribution in [1.29, 1.82) is 0 Å². The third-order valence-electron chi connectivity index (χ3n) is 4.15. The van der Waals surface area contributed by atoms with Gasteiger partial charge in [-0.25, -0.2) is 0 Å².